The molecule has 0 spiro atoms. The molecular formula is C19H22N6O3S. The normalized spacial score (nSPS) is 24.0. The molecule has 1 aliphatic rings. The summed E-state index contributed by atoms with van der Waals surface area (Å²) in [5, 5.41) is 21.1. The lowest BCUT2D eigenvalue weighted by Gasteiger charge is -2.16. The van der Waals surface area contributed by atoms with Crippen LogP contribution in [0.3, 0.4) is 0 Å². The molecule has 152 valence electrons. The van der Waals surface area contributed by atoms with Crippen molar-refractivity contribution >= 4 is 40.5 Å². The fraction of sp³-hybridized carbons (Fsp3) is 0.316. The number of nitrogens with one attached hydrogen (secondary N) is 1. The number of ether oxygens (including phenoxy) is 1. The van der Waals surface area contributed by atoms with Crippen molar-refractivity contribution in [2.24, 2.45) is 0 Å². The molecule has 0 unspecified atom stereocenters. The highest BCUT2D eigenvalue weighted by Gasteiger charge is 2.43. The number of thiol groups is 1. The van der Waals surface area contributed by atoms with Gasteiger partial charge in [0.25, 0.3) is 0 Å². The van der Waals surface area contributed by atoms with E-state index in [1.807, 2.05) is 37.4 Å². The number of hydrogen-bond donors (Lipinski definition) is 5. The topological polar surface area (TPSA) is 135 Å². The molecule has 3 aromatic heterocycles. The minimum Gasteiger partial charge on any atom is -0.388 e. The van der Waals surface area contributed by atoms with Crippen LogP contribution in [0.2, 0.25) is 0 Å². The summed E-state index contributed by atoms with van der Waals surface area (Å²) in [6.07, 6.45) is 2.23. The van der Waals surface area contributed by atoms with E-state index in [1.165, 1.54) is 18.0 Å². The molecule has 1 aliphatic heterocycles. The molecule has 0 radical (unpaired) electrons. The monoisotopic (exact) mass is 414 g/mol. The summed E-state index contributed by atoms with van der Waals surface area (Å²) < 4.78 is 7.22. The van der Waals surface area contributed by atoms with Gasteiger partial charge in [-0.15, -0.1) is 12.6 Å². The van der Waals surface area contributed by atoms with Crippen LogP contribution in [0.15, 0.2) is 48.0 Å². The molecule has 0 amide bonds. The zero-order valence-electron chi connectivity index (χ0n) is 15.7. The van der Waals surface area contributed by atoms with Crippen LogP contribution in [0.1, 0.15) is 19.6 Å². The van der Waals surface area contributed by atoms with Crippen LogP contribution in [0, 0.1) is 0 Å². The number of aliphatic hydroxyl groups is 2. The number of nitrogens with zero attached hydrogens (tertiary/aromatic N) is 4. The van der Waals surface area contributed by atoms with E-state index in [9.17, 15) is 10.2 Å². The third kappa shape index (κ3) is 3.55. The van der Waals surface area contributed by atoms with E-state index in [0.29, 0.717) is 17.6 Å². The summed E-state index contributed by atoms with van der Waals surface area (Å²) in [6, 6.07) is 8.10. The summed E-state index contributed by atoms with van der Waals surface area (Å²) in [5.41, 5.74) is 7.77. The molecule has 5 N–H and O–H groups in total. The highest BCUT2D eigenvalue weighted by atomic mass is 32.1. The Labute approximate surface area is 172 Å². The minimum absolute atomic E-state index is 0.267. The SMILES string of the molecule is CC[C@H]1O[C@@H](n2cnc3c(N)ncnc32)[C@H](O)[C@@H]1O.Sc1c[nH]c2ccccc12. The van der Waals surface area contributed by atoms with E-state index >= 15 is 0 Å². The van der Waals surface area contributed by atoms with Gasteiger partial charge in [-0.05, 0) is 12.5 Å². The van der Waals surface area contributed by atoms with Crippen molar-refractivity contribution in [3.8, 4) is 0 Å². The number of para-hydroxylation sites is 1. The van der Waals surface area contributed by atoms with Crippen LogP contribution < -0.4 is 5.73 Å². The van der Waals surface area contributed by atoms with E-state index in [2.05, 4.69) is 32.6 Å². The van der Waals surface area contributed by atoms with E-state index in [-0.39, 0.29) is 5.82 Å². The smallest absolute Gasteiger partial charge is 0.167 e. The summed E-state index contributed by atoms with van der Waals surface area (Å²) in [7, 11) is 0. The van der Waals surface area contributed by atoms with E-state index in [1.54, 1.807) is 4.57 Å². The van der Waals surface area contributed by atoms with Gasteiger partial charge in [0.1, 0.15) is 24.1 Å². The van der Waals surface area contributed by atoms with Gasteiger partial charge in [0.15, 0.2) is 17.7 Å². The lowest BCUT2D eigenvalue weighted by Crippen LogP contribution is -2.31. The summed E-state index contributed by atoms with van der Waals surface area (Å²) >= 11 is 4.27. The van der Waals surface area contributed by atoms with Crippen LogP contribution in [0.25, 0.3) is 22.1 Å². The molecule has 4 atom stereocenters. The number of rotatable bonds is 2. The Hall–Kier alpha value is -2.66. The fourth-order valence-electron chi connectivity index (χ4n) is 3.41. The first kappa shape index (κ1) is 19.6. The predicted octanol–water partition coefficient (Wildman–Crippen LogP) is 1.89. The molecule has 4 heterocycles. The molecule has 5 rings (SSSR count). The fourth-order valence-corrected chi connectivity index (χ4v) is 3.67. The van der Waals surface area contributed by atoms with Crippen molar-refractivity contribution in [1.82, 2.24) is 24.5 Å². The van der Waals surface area contributed by atoms with Gasteiger partial charge in [-0.3, -0.25) is 4.57 Å². The number of H-pyrrole nitrogens is 1. The van der Waals surface area contributed by atoms with Crippen molar-refractivity contribution < 1.29 is 14.9 Å². The predicted molar refractivity (Wildman–Crippen MR) is 112 cm³/mol. The number of hydrogen-bond acceptors (Lipinski definition) is 8. The maximum atomic E-state index is 10.1. The number of aromatic amines is 1. The second-order valence-electron chi connectivity index (χ2n) is 6.76. The Balaban J connectivity index is 0.000000171. The number of nitrogens with two attached hydrogens (primary N) is 1. The highest BCUT2D eigenvalue weighted by molar-refractivity contribution is 7.80. The lowest BCUT2D eigenvalue weighted by atomic mass is 10.1. The first-order chi connectivity index (χ1) is 14.0. The second kappa shape index (κ2) is 7.99. The van der Waals surface area contributed by atoms with Gasteiger partial charge < -0.3 is 25.7 Å². The molecule has 1 fully saturated rings. The minimum atomic E-state index is -1.03. The number of nitrogen functional groups attached to an aromatic ring is 1. The molecule has 1 saturated heterocycles. The molecule has 10 heteroatoms. The first-order valence-corrected chi connectivity index (χ1v) is 9.65. The van der Waals surface area contributed by atoms with Crippen molar-refractivity contribution in [2.75, 3.05) is 5.73 Å². The van der Waals surface area contributed by atoms with Gasteiger partial charge in [-0.1, -0.05) is 25.1 Å². The number of anilines is 1. The standard InChI is InChI=1S/C11H15N5O3.C8H7NS/c1-2-5-7(17)8(18)11(19-5)16-4-15-6-9(12)13-3-14-10(6)16;10-8-5-9-7-4-2-1-3-6(7)8/h3-5,7-8,11,17-18H,2H2,1H3,(H2,12,13,14);1-5,9-10H/t5-,7-,8-,11-;/m1./s1. The molecule has 29 heavy (non-hydrogen) atoms. The van der Waals surface area contributed by atoms with Crippen LogP contribution >= 0.6 is 12.6 Å². The van der Waals surface area contributed by atoms with Gasteiger partial charge in [-0.2, -0.15) is 0 Å². The largest absolute Gasteiger partial charge is 0.388 e. The zero-order valence-corrected chi connectivity index (χ0v) is 16.6. The lowest BCUT2D eigenvalue weighted by molar-refractivity contribution is -0.0355. The van der Waals surface area contributed by atoms with Crippen molar-refractivity contribution in [1.29, 1.82) is 0 Å². The van der Waals surface area contributed by atoms with Gasteiger partial charge in [0, 0.05) is 22.0 Å². The Morgan fingerprint density at radius 3 is 2.72 bits per heavy atom. The van der Waals surface area contributed by atoms with Gasteiger partial charge in [0.05, 0.1) is 12.4 Å². The summed E-state index contributed by atoms with van der Waals surface area (Å²) in [4.78, 5) is 16.2. The average molecular weight is 414 g/mol. The maximum absolute atomic E-state index is 10.1. The van der Waals surface area contributed by atoms with Gasteiger partial charge in [-0.25, -0.2) is 15.0 Å². The molecule has 1 aromatic carbocycles. The average Bonchev–Trinajstić information content (AvgIpc) is 3.41. The summed E-state index contributed by atoms with van der Waals surface area (Å²) in [5.74, 6) is 0.267. The molecular weight excluding hydrogens is 392 g/mol. The van der Waals surface area contributed by atoms with Crippen LogP contribution in [-0.4, -0.2) is 53.0 Å². The number of aromatic nitrogens is 5. The Morgan fingerprint density at radius 2 is 2.00 bits per heavy atom. The van der Waals surface area contributed by atoms with Gasteiger partial charge >= 0.3 is 0 Å². The third-order valence-electron chi connectivity index (χ3n) is 4.97. The molecule has 4 aromatic rings. The van der Waals surface area contributed by atoms with Crippen LogP contribution in [-0.2, 0) is 4.74 Å². The van der Waals surface area contributed by atoms with Crippen molar-refractivity contribution in [3.05, 3.63) is 43.1 Å². The van der Waals surface area contributed by atoms with Gasteiger partial charge in [0.2, 0.25) is 0 Å². The van der Waals surface area contributed by atoms with Crippen LogP contribution in [0.5, 0.6) is 0 Å². The number of imidazole rings is 1. The third-order valence-corrected chi connectivity index (χ3v) is 5.34. The Morgan fingerprint density at radius 1 is 1.21 bits per heavy atom. The number of fused-ring (bicyclic) bond motifs is 2. The molecule has 9 nitrogen and oxygen atoms in total. The zero-order chi connectivity index (χ0) is 20.5. The van der Waals surface area contributed by atoms with E-state index in [4.69, 9.17) is 10.5 Å². The molecule has 0 saturated carbocycles. The summed E-state index contributed by atoms with van der Waals surface area (Å²) in [6.45, 7) is 1.88. The number of aliphatic hydroxyl groups excluding tert-OH is 2. The van der Waals surface area contributed by atoms with E-state index in [0.717, 1.165) is 10.4 Å². The molecule has 0 aliphatic carbocycles. The van der Waals surface area contributed by atoms with E-state index < -0.39 is 24.5 Å². The van der Waals surface area contributed by atoms with Crippen LogP contribution in [0.4, 0.5) is 5.82 Å². The maximum Gasteiger partial charge on any atom is 0.167 e. The number of benzene rings is 1. The quantitative estimate of drug-likeness (QED) is 0.316. The molecule has 0 bridgehead atoms. The Kier molecular flexibility index (Phi) is 5.41. The van der Waals surface area contributed by atoms with Crippen molar-refractivity contribution in [3.63, 3.8) is 0 Å². The highest BCUT2D eigenvalue weighted by Crippen LogP contribution is 2.32. The second-order valence-corrected chi connectivity index (χ2v) is 7.24. The van der Waals surface area contributed by atoms with Crippen molar-refractivity contribution in [2.45, 2.75) is 42.8 Å². The Bertz CT molecular complexity index is 1130. The first-order valence-electron chi connectivity index (χ1n) is 9.21.